The molecule has 0 fully saturated rings. The van der Waals surface area contributed by atoms with Crippen molar-refractivity contribution < 1.29 is 14.3 Å². The van der Waals surface area contributed by atoms with Gasteiger partial charge in [0.1, 0.15) is 17.4 Å². The number of carbonyl (C=O) groups is 1. The van der Waals surface area contributed by atoms with Crippen LogP contribution in [0.5, 0.6) is 5.75 Å². The van der Waals surface area contributed by atoms with Gasteiger partial charge in [0.15, 0.2) is 0 Å². The minimum absolute atomic E-state index is 0.244. The van der Waals surface area contributed by atoms with Gasteiger partial charge < -0.3 is 9.47 Å². The van der Waals surface area contributed by atoms with Gasteiger partial charge in [-0.25, -0.2) is 0 Å². The Kier molecular flexibility index (Phi) is 6.59. The molecule has 1 N–H and O–H groups in total. The molecule has 0 radical (unpaired) electrons. The Labute approximate surface area is 150 Å². The lowest BCUT2D eigenvalue weighted by Gasteiger charge is -2.25. The van der Waals surface area contributed by atoms with Crippen molar-refractivity contribution in [3.05, 3.63) is 65.7 Å². The molecular weight excluding hydrogens is 314 g/mol. The average molecular weight is 341 g/mol. The Hall–Kier alpha value is -2.33. The van der Waals surface area contributed by atoms with Crippen molar-refractivity contribution in [1.82, 2.24) is 5.32 Å². The number of nitrogens with one attached hydrogen (secondary N) is 1. The van der Waals surface area contributed by atoms with Crippen LogP contribution in [0, 0.1) is 0 Å². The van der Waals surface area contributed by atoms with Gasteiger partial charge >= 0.3 is 5.97 Å². The Balaban J connectivity index is 2.12. The topological polar surface area (TPSA) is 47.6 Å². The van der Waals surface area contributed by atoms with Crippen LogP contribution in [0.25, 0.3) is 0 Å². The zero-order valence-electron chi connectivity index (χ0n) is 15.4. The fourth-order valence-electron chi connectivity index (χ4n) is 2.54. The lowest BCUT2D eigenvalue weighted by Crippen LogP contribution is -2.42. The maximum atomic E-state index is 12.6. The van der Waals surface area contributed by atoms with Gasteiger partial charge in [0.25, 0.3) is 0 Å². The Morgan fingerprint density at radius 2 is 1.68 bits per heavy atom. The van der Waals surface area contributed by atoms with Crippen molar-refractivity contribution in [2.24, 2.45) is 0 Å². The molecular formula is C21H27NO3. The van der Waals surface area contributed by atoms with Gasteiger partial charge in [0.2, 0.25) is 0 Å². The normalized spacial score (nSPS) is 12.5. The van der Waals surface area contributed by atoms with Crippen LogP contribution in [0.3, 0.4) is 0 Å². The highest BCUT2D eigenvalue weighted by molar-refractivity contribution is 5.76. The zero-order chi connectivity index (χ0) is 18.3. The minimum atomic E-state index is -0.516. The molecule has 0 saturated carbocycles. The summed E-state index contributed by atoms with van der Waals surface area (Å²) in [6.07, 6.45) is 0.574. The molecule has 0 spiro atoms. The number of hydrogen-bond acceptors (Lipinski definition) is 4. The second-order valence-electron chi connectivity index (χ2n) is 6.97. The summed E-state index contributed by atoms with van der Waals surface area (Å²) in [4.78, 5) is 12.6. The monoisotopic (exact) mass is 341 g/mol. The first kappa shape index (κ1) is 19.0. The highest BCUT2D eigenvalue weighted by Crippen LogP contribution is 2.18. The number of para-hydroxylation sites is 1. The fraction of sp³-hybridized carbons (Fsp3) is 0.381. The molecule has 1 atom stereocenters. The number of benzene rings is 2. The van der Waals surface area contributed by atoms with Crippen LogP contribution in [-0.2, 0) is 22.5 Å². The largest absolute Gasteiger partial charge is 0.496 e. The molecule has 2 aromatic rings. The molecule has 0 aliphatic rings. The molecule has 2 rings (SSSR count). The van der Waals surface area contributed by atoms with E-state index in [4.69, 9.17) is 9.47 Å². The van der Waals surface area contributed by atoms with Gasteiger partial charge in [-0.1, -0.05) is 48.5 Å². The molecule has 0 aliphatic carbocycles. The van der Waals surface area contributed by atoms with Crippen LogP contribution < -0.4 is 10.1 Å². The number of esters is 1. The van der Waals surface area contributed by atoms with Crippen molar-refractivity contribution in [2.45, 2.75) is 45.4 Å². The molecule has 0 aromatic heterocycles. The molecule has 134 valence electrons. The SMILES string of the molecule is COc1ccccc1CN[C@@H](Cc1ccccc1)C(=O)OC(C)(C)C. The summed E-state index contributed by atoms with van der Waals surface area (Å²) in [5, 5.41) is 3.33. The maximum absolute atomic E-state index is 12.6. The van der Waals surface area contributed by atoms with Crippen molar-refractivity contribution >= 4 is 5.97 Å². The van der Waals surface area contributed by atoms with E-state index in [0.717, 1.165) is 16.9 Å². The van der Waals surface area contributed by atoms with E-state index in [1.54, 1.807) is 7.11 Å². The molecule has 25 heavy (non-hydrogen) atoms. The first-order valence-electron chi connectivity index (χ1n) is 8.51. The first-order chi connectivity index (χ1) is 11.9. The first-order valence-corrected chi connectivity index (χ1v) is 8.51. The molecule has 4 nitrogen and oxygen atoms in total. The quantitative estimate of drug-likeness (QED) is 0.780. The standard InChI is InChI=1S/C21H27NO3/c1-21(2,3)25-20(23)18(14-16-10-6-5-7-11-16)22-15-17-12-8-9-13-19(17)24-4/h5-13,18,22H,14-15H2,1-4H3/t18-/m0/s1. The van der Waals surface area contributed by atoms with Crippen LogP contribution in [0.2, 0.25) is 0 Å². The third-order valence-electron chi connectivity index (χ3n) is 3.71. The summed E-state index contributed by atoms with van der Waals surface area (Å²) in [6.45, 7) is 6.17. The third kappa shape index (κ3) is 6.24. The Morgan fingerprint density at radius 3 is 2.32 bits per heavy atom. The number of carbonyl (C=O) groups excluding carboxylic acids is 1. The molecule has 0 aliphatic heterocycles. The van der Waals surface area contributed by atoms with Gasteiger partial charge in [0.05, 0.1) is 7.11 Å². The van der Waals surface area contributed by atoms with E-state index in [-0.39, 0.29) is 5.97 Å². The van der Waals surface area contributed by atoms with Crippen molar-refractivity contribution in [3.8, 4) is 5.75 Å². The van der Waals surface area contributed by atoms with Gasteiger partial charge in [-0.15, -0.1) is 0 Å². The Bertz CT molecular complexity index is 677. The van der Waals surface area contributed by atoms with Crippen molar-refractivity contribution in [1.29, 1.82) is 0 Å². The summed E-state index contributed by atoms with van der Waals surface area (Å²) in [7, 11) is 1.65. The fourth-order valence-corrected chi connectivity index (χ4v) is 2.54. The predicted molar refractivity (Wildman–Crippen MR) is 99.6 cm³/mol. The molecule has 0 unspecified atom stereocenters. The van der Waals surface area contributed by atoms with Crippen molar-refractivity contribution in [2.75, 3.05) is 7.11 Å². The van der Waals surface area contributed by atoms with Crippen molar-refractivity contribution in [3.63, 3.8) is 0 Å². The van der Waals surface area contributed by atoms with Gasteiger partial charge in [0, 0.05) is 12.1 Å². The van der Waals surface area contributed by atoms with Crippen LogP contribution >= 0.6 is 0 Å². The predicted octanol–water partition coefficient (Wildman–Crippen LogP) is 3.74. The van der Waals surface area contributed by atoms with E-state index in [9.17, 15) is 4.79 Å². The smallest absolute Gasteiger partial charge is 0.324 e. The molecule has 0 saturated heterocycles. The van der Waals surface area contributed by atoms with E-state index in [0.29, 0.717) is 13.0 Å². The lowest BCUT2D eigenvalue weighted by atomic mass is 10.0. The van der Waals surface area contributed by atoms with Crippen LogP contribution in [-0.4, -0.2) is 24.7 Å². The number of rotatable bonds is 7. The van der Waals surface area contributed by atoms with Gasteiger partial charge in [-0.3, -0.25) is 10.1 Å². The Morgan fingerprint density at radius 1 is 1.04 bits per heavy atom. The van der Waals surface area contributed by atoms with E-state index in [2.05, 4.69) is 5.32 Å². The number of methoxy groups -OCH3 is 1. The van der Waals surface area contributed by atoms with E-state index in [1.807, 2.05) is 75.4 Å². The van der Waals surface area contributed by atoms with E-state index in [1.165, 1.54) is 0 Å². The average Bonchev–Trinajstić information content (AvgIpc) is 2.58. The summed E-state index contributed by atoms with van der Waals surface area (Å²) in [5.74, 6) is 0.559. The number of ether oxygens (including phenoxy) is 2. The molecule has 0 heterocycles. The van der Waals surface area contributed by atoms with E-state index >= 15 is 0 Å². The third-order valence-corrected chi connectivity index (χ3v) is 3.71. The number of hydrogen-bond donors (Lipinski definition) is 1. The lowest BCUT2D eigenvalue weighted by molar-refractivity contribution is -0.157. The van der Waals surface area contributed by atoms with Crippen LogP contribution in [0.4, 0.5) is 0 Å². The minimum Gasteiger partial charge on any atom is -0.496 e. The van der Waals surface area contributed by atoms with Gasteiger partial charge in [-0.05, 0) is 38.8 Å². The van der Waals surface area contributed by atoms with Crippen LogP contribution in [0.1, 0.15) is 31.9 Å². The summed E-state index contributed by atoms with van der Waals surface area (Å²) < 4.78 is 11.0. The zero-order valence-corrected chi connectivity index (χ0v) is 15.4. The maximum Gasteiger partial charge on any atom is 0.324 e. The highest BCUT2D eigenvalue weighted by atomic mass is 16.6. The summed E-state index contributed by atoms with van der Waals surface area (Å²) >= 11 is 0. The van der Waals surface area contributed by atoms with E-state index < -0.39 is 11.6 Å². The summed E-state index contributed by atoms with van der Waals surface area (Å²) in [5.41, 5.74) is 1.58. The molecule has 4 heteroatoms. The molecule has 0 bridgehead atoms. The second-order valence-corrected chi connectivity index (χ2v) is 6.97. The molecule has 2 aromatic carbocycles. The van der Waals surface area contributed by atoms with Gasteiger partial charge in [-0.2, -0.15) is 0 Å². The molecule has 0 amide bonds. The summed E-state index contributed by atoms with van der Waals surface area (Å²) in [6, 6.07) is 17.3. The van der Waals surface area contributed by atoms with Crippen LogP contribution in [0.15, 0.2) is 54.6 Å². The highest BCUT2D eigenvalue weighted by Gasteiger charge is 2.25. The second kappa shape index (κ2) is 8.67.